The molecule has 9 heteroatoms. The molecule has 4 aliphatic rings. The van der Waals surface area contributed by atoms with Crippen LogP contribution in [-0.2, 0) is 12.0 Å². The van der Waals surface area contributed by atoms with Gasteiger partial charge in [-0.1, -0.05) is 11.6 Å². The molecule has 3 atom stereocenters. The van der Waals surface area contributed by atoms with E-state index in [1.807, 2.05) is 0 Å². The van der Waals surface area contributed by atoms with Gasteiger partial charge in [0.05, 0.1) is 11.2 Å². The summed E-state index contributed by atoms with van der Waals surface area (Å²) in [5, 5.41) is 13.2. The van der Waals surface area contributed by atoms with E-state index in [-0.39, 0.29) is 16.7 Å². The van der Waals surface area contributed by atoms with Crippen LogP contribution >= 0.6 is 11.3 Å². The van der Waals surface area contributed by atoms with Crippen molar-refractivity contribution >= 4 is 22.4 Å². The Hall–Kier alpha value is -2.39. The van der Waals surface area contributed by atoms with Crippen molar-refractivity contribution in [2.75, 3.05) is 0 Å². The van der Waals surface area contributed by atoms with Crippen LogP contribution in [0.2, 0.25) is 0 Å². The highest BCUT2D eigenvalue weighted by molar-refractivity contribution is 7.13. The van der Waals surface area contributed by atoms with Crippen molar-refractivity contribution in [1.82, 2.24) is 9.97 Å². The smallest absolute Gasteiger partial charge is 0.440 e. The van der Waals surface area contributed by atoms with Gasteiger partial charge in [0, 0.05) is 23.6 Å². The van der Waals surface area contributed by atoms with Crippen molar-refractivity contribution in [3.05, 3.63) is 40.7 Å². The molecular formula is C25H25F3N2O3S. The molecular weight excluding hydrogens is 465 g/mol. The molecule has 1 aromatic carbocycles. The van der Waals surface area contributed by atoms with Gasteiger partial charge >= 0.3 is 6.36 Å². The molecule has 0 radical (unpaired) electrons. The second-order valence-electron chi connectivity index (χ2n) is 9.99. The largest absolute Gasteiger partial charge is 0.573 e. The molecule has 3 unspecified atom stereocenters. The standard InChI is InChI=1S/C25H25F3N2O3S/c1-13-8-14-2-3-16(13)10-15(9-14)11-19-30-20-21(32-19)17(23-29-6-7-34-23)12-18(24(31)4-5-24)22(20)33-25(26,27)28/h6-8,12,14-16,31H,2-5,9-11H2,1H3. The van der Waals surface area contributed by atoms with E-state index in [1.165, 1.54) is 35.8 Å². The summed E-state index contributed by atoms with van der Waals surface area (Å²) in [6, 6.07) is 1.53. The molecule has 0 amide bonds. The summed E-state index contributed by atoms with van der Waals surface area (Å²) >= 11 is 1.36. The highest BCUT2D eigenvalue weighted by Gasteiger charge is 2.48. The van der Waals surface area contributed by atoms with Crippen LogP contribution in [0.3, 0.4) is 0 Å². The maximum absolute atomic E-state index is 13.4. The minimum Gasteiger partial charge on any atom is -0.440 e. The van der Waals surface area contributed by atoms with E-state index in [2.05, 4.69) is 27.7 Å². The molecule has 2 heterocycles. The Kier molecular flexibility index (Phi) is 5.08. The van der Waals surface area contributed by atoms with E-state index in [1.54, 1.807) is 11.6 Å². The summed E-state index contributed by atoms with van der Waals surface area (Å²) in [6.45, 7) is 2.20. The Labute approximate surface area is 198 Å². The lowest BCUT2D eigenvalue weighted by atomic mass is 9.85. The van der Waals surface area contributed by atoms with Gasteiger partial charge in [-0.3, -0.25) is 0 Å². The van der Waals surface area contributed by atoms with Gasteiger partial charge < -0.3 is 14.3 Å². The highest BCUT2D eigenvalue weighted by atomic mass is 32.1. The first kappa shape index (κ1) is 22.1. The maximum Gasteiger partial charge on any atom is 0.573 e. The molecule has 5 nitrogen and oxygen atoms in total. The second-order valence-corrected chi connectivity index (χ2v) is 10.9. The number of fused-ring (bicyclic) bond motifs is 4. The summed E-state index contributed by atoms with van der Waals surface area (Å²) < 4.78 is 50.8. The monoisotopic (exact) mass is 490 g/mol. The van der Waals surface area contributed by atoms with Gasteiger partial charge in [0.1, 0.15) is 5.01 Å². The number of nitrogens with zero attached hydrogens (tertiary/aromatic N) is 2. The minimum atomic E-state index is -4.92. The van der Waals surface area contributed by atoms with Crippen LogP contribution in [0.5, 0.6) is 5.75 Å². The lowest BCUT2D eigenvalue weighted by Crippen LogP contribution is -2.20. The normalized spacial score (nSPS) is 25.9. The topological polar surface area (TPSA) is 68.4 Å². The number of hydrogen-bond donors (Lipinski definition) is 1. The zero-order chi connectivity index (χ0) is 23.7. The number of hydrogen-bond acceptors (Lipinski definition) is 6. The highest BCUT2D eigenvalue weighted by Crippen LogP contribution is 2.53. The van der Waals surface area contributed by atoms with Gasteiger partial charge in [-0.25, -0.2) is 9.97 Å². The van der Waals surface area contributed by atoms with Crippen molar-refractivity contribution in [2.24, 2.45) is 17.8 Å². The summed E-state index contributed by atoms with van der Waals surface area (Å²) in [7, 11) is 0. The van der Waals surface area contributed by atoms with E-state index in [0.29, 0.717) is 53.5 Å². The number of alkyl halides is 3. The van der Waals surface area contributed by atoms with E-state index >= 15 is 0 Å². The molecule has 180 valence electrons. The summed E-state index contributed by atoms with van der Waals surface area (Å²) in [5.74, 6) is 1.39. The van der Waals surface area contributed by atoms with Crippen molar-refractivity contribution in [2.45, 2.75) is 63.8 Å². The van der Waals surface area contributed by atoms with Crippen molar-refractivity contribution in [3.63, 3.8) is 0 Å². The fourth-order valence-corrected chi connectivity index (χ4v) is 6.37. The second kappa shape index (κ2) is 7.81. The van der Waals surface area contributed by atoms with E-state index in [0.717, 1.165) is 12.8 Å². The molecule has 3 aromatic rings. The number of ether oxygens (including phenoxy) is 1. The van der Waals surface area contributed by atoms with Gasteiger partial charge in [0.25, 0.3) is 0 Å². The van der Waals surface area contributed by atoms with Crippen molar-refractivity contribution in [1.29, 1.82) is 0 Å². The van der Waals surface area contributed by atoms with Gasteiger partial charge in [0.15, 0.2) is 22.7 Å². The zero-order valence-corrected chi connectivity index (χ0v) is 19.5. The Bertz CT molecular complexity index is 1260. The first-order valence-corrected chi connectivity index (χ1v) is 12.6. The fourth-order valence-electron chi connectivity index (χ4n) is 5.72. The molecule has 0 spiro atoms. The third-order valence-electron chi connectivity index (χ3n) is 7.52. The molecule has 7 rings (SSSR count). The Balaban J connectivity index is 1.45. The summed E-state index contributed by atoms with van der Waals surface area (Å²) in [6.07, 6.45) is 4.84. The average Bonchev–Trinajstić information content (AvgIpc) is 3.17. The molecule has 4 aliphatic carbocycles. The number of allylic oxidation sites excluding steroid dienone is 2. The van der Waals surface area contributed by atoms with Crippen molar-refractivity contribution in [3.8, 4) is 16.3 Å². The zero-order valence-electron chi connectivity index (χ0n) is 18.7. The number of benzene rings is 1. The first-order valence-electron chi connectivity index (χ1n) is 11.7. The fraction of sp³-hybridized carbons (Fsp3) is 0.520. The number of oxazole rings is 1. The molecule has 2 bridgehead atoms. The summed E-state index contributed by atoms with van der Waals surface area (Å²) in [5.41, 5.74) is 0.945. The SMILES string of the molecule is CC1=CC2CCC1CC(Cc1nc3c(OC(F)(F)F)c(C4(O)CC4)cc(-c4nccs4)c3o1)C2. The number of rotatable bonds is 5. The maximum atomic E-state index is 13.4. The van der Waals surface area contributed by atoms with E-state index in [4.69, 9.17) is 4.42 Å². The predicted octanol–water partition coefficient (Wildman–Crippen LogP) is 6.76. The van der Waals surface area contributed by atoms with Gasteiger partial charge in [-0.15, -0.1) is 24.5 Å². The third kappa shape index (κ3) is 4.02. The molecule has 2 aromatic heterocycles. The lowest BCUT2D eigenvalue weighted by Gasteiger charge is -2.21. The van der Waals surface area contributed by atoms with Crippen molar-refractivity contribution < 1.29 is 27.4 Å². The number of aliphatic hydroxyl groups is 1. The Morgan fingerprint density at radius 3 is 2.76 bits per heavy atom. The molecule has 2 saturated carbocycles. The van der Waals surface area contributed by atoms with Gasteiger partial charge in [0.2, 0.25) is 0 Å². The van der Waals surface area contributed by atoms with Gasteiger partial charge in [-0.2, -0.15) is 0 Å². The molecule has 0 saturated heterocycles. The average molecular weight is 491 g/mol. The Morgan fingerprint density at radius 2 is 2.09 bits per heavy atom. The number of thiazole rings is 1. The van der Waals surface area contributed by atoms with E-state index < -0.39 is 17.7 Å². The van der Waals surface area contributed by atoms with Crippen LogP contribution in [0.25, 0.3) is 21.7 Å². The van der Waals surface area contributed by atoms with Crippen LogP contribution in [0.15, 0.2) is 33.7 Å². The lowest BCUT2D eigenvalue weighted by molar-refractivity contribution is -0.274. The Morgan fingerprint density at radius 1 is 1.26 bits per heavy atom. The van der Waals surface area contributed by atoms with Crippen LogP contribution in [0, 0.1) is 17.8 Å². The third-order valence-corrected chi connectivity index (χ3v) is 8.32. The molecule has 1 N–H and O–H groups in total. The molecule has 34 heavy (non-hydrogen) atoms. The van der Waals surface area contributed by atoms with Crippen LogP contribution < -0.4 is 4.74 Å². The quantitative estimate of drug-likeness (QED) is 0.401. The van der Waals surface area contributed by atoms with Crippen LogP contribution in [-0.4, -0.2) is 21.4 Å². The van der Waals surface area contributed by atoms with Gasteiger partial charge in [-0.05, 0) is 69.3 Å². The molecule has 2 fully saturated rings. The van der Waals surface area contributed by atoms with Crippen LogP contribution in [0.1, 0.15) is 56.9 Å². The number of halogens is 3. The van der Waals surface area contributed by atoms with E-state index in [9.17, 15) is 18.3 Å². The minimum absolute atomic E-state index is 0.00116. The first-order chi connectivity index (χ1) is 16.2. The summed E-state index contributed by atoms with van der Waals surface area (Å²) in [4.78, 5) is 8.88. The molecule has 0 aliphatic heterocycles. The predicted molar refractivity (Wildman–Crippen MR) is 121 cm³/mol. The number of aromatic nitrogens is 2. The van der Waals surface area contributed by atoms with Crippen LogP contribution in [0.4, 0.5) is 13.2 Å².